The lowest BCUT2D eigenvalue weighted by atomic mass is 10.0. The minimum atomic E-state index is 0.321. The molecule has 2 rings (SSSR count). The first-order valence-corrected chi connectivity index (χ1v) is 8.68. The molecule has 0 atom stereocenters. The average molecular weight is 333 g/mol. The lowest BCUT2D eigenvalue weighted by molar-refractivity contribution is 0.741. The molecule has 0 saturated carbocycles. The van der Waals surface area contributed by atoms with Crippen LogP contribution in [0, 0.1) is 6.92 Å². The highest BCUT2D eigenvalue weighted by atomic mass is 35.5. The molecular formula is C18H25ClN4. The zero-order chi connectivity index (χ0) is 16.7. The molecule has 0 fully saturated rings. The first-order chi connectivity index (χ1) is 11.1. The van der Waals surface area contributed by atoms with E-state index in [-0.39, 0.29) is 0 Å². The van der Waals surface area contributed by atoms with Crippen molar-refractivity contribution in [2.24, 2.45) is 0 Å². The molecule has 0 bridgehead atoms. The van der Waals surface area contributed by atoms with Gasteiger partial charge >= 0.3 is 0 Å². The average Bonchev–Trinajstić information content (AvgIpc) is 2.55. The largest absolute Gasteiger partial charge is 0.370 e. The highest BCUT2D eigenvalue weighted by molar-refractivity contribution is 6.17. The van der Waals surface area contributed by atoms with Gasteiger partial charge in [0.25, 0.3) is 0 Å². The first kappa shape index (κ1) is 17.5. The molecule has 2 aromatic rings. The number of rotatable bonds is 8. The molecule has 0 radical (unpaired) electrons. The number of unbranched alkanes of at least 4 members (excludes halogenated alkanes) is 2. The third-order valence-corrected chi connectivity index (χ3v) is 4.17. The van der Waals surface area contributed by atoms with Crippen LogP contribution in [-0.4, -0.2) is 16.5 Å². The normalized spacial score (nSPS) is 10.7. The second-order valence-corrected chi connectivity index (χ2v) is 6.02. The maximum absolute atomic E-state index is 5.85. The molecule has 1 heterocycles. The predicted molar refractivity (Wildman–Crippen MR) is 98.0 cm³/mol. The van der Waals surface area contributed by atoms with Gasteiger partial charge in [-0.3, -0.25) is 0 Å². The number of aryl methyl sites for hydroxylation is 1. The highest BCUT2D eigenvalue weighted by Crippen LogP contribution is 2.22. The molecule has 0 spiro atoms. The number of anilines is 2. The molecule has 3 N–H and O–H groups in total. The lowest BCUT2D eigenvalue weighted by Gasteiger charge is -2.14. The molecule has 0 amide bonds. The SMILES string of the molecule is CCCCCNc1nc(N)nc(C)c1Cc1ccc(CCl)cc1. The van der Waals surface area contributed by atoms with Gasteiger partial charge in [-0.1, -0.05) is 44.0 Å². The number of nitrogen functional groups attached to an aromatic ring is 1. The van der Waals surface area contributed by atoms with Gasteiger partial charge in [-0.2, -0.15) is 4.98 Å². The number of halogens is 1. The fourth-order valence-electron chi connectivity index (χ4n) is 2.51. The van der Waals surface area contributed by atoms with E-state index in [9.17, 15) is 0 Å². The van der Waals surface area contributed by atoms with Crippen LogP contribution in [0.15, 0.2) is 24.3 Å². The molecule has 1 aromatic heterocycles. The highest BCUT2D eigenvalue weighted by Gasteiger charge is 2.11. The number of hydrogen-bond donors (Lipinski definition) is 2. The molecule has 0 saturated heterocycles. The second-order valence-electron chi connectivity index (χ2n) is 5.76. The summed E-state index contributed by atoms with van der Waals surface area (Å²) in [5, 5.41) is 3.42. The third kappa shape index (κ3) is 5.10. The maximum Gasteiger partial charge on any atom is 0.222 e. The summed E-state index contributed by atoms with van der Waals surface area (Å²) in [7, 11) is 0. The Hall–Kier alpha value is -1.81. The van der Waals surface area contributed by atoms with E-state index in [0.29, 0.717) is 11.8 Å². The standard InChI is InChI=1S/C18H25ClN4/c1-3-4-5-10-21-17-16(13(2)22-18(20)23-17)11-14-6-8-15(12-19)9-7-14/h6-9H,3-5,10-12H2,1-2H3,(H3,20,21,22,23). The number of aromatic nitrogens is 2. The molecule has 4 nitrogen and oxygen atoms in total. The molecule has 1 aromatic carbocycles. The number of alkyl halides is 1. The summed E-state index contributed by atoms with van der Waals surface area (Å²) in [6, 6.07) is 8.33. The Morgan fingerprint density at radius 3 is 2.43 bits per heavy atom. The number of hydrogen-bond acceptors (Lipinski definition) is 4. The Kier molecular flexibility index (Phi) is 6.66. The topological polar surface area (TPSA) is 63.8 Å². The van der Waals surface area contributed by atoms with Crippen LogP contribution < -0.4 is 11.1 Å². The minimum absolute atomic E-state index is 0.321. The Balaban J connectivity index is 2.17. The fraction of sp³-hybridized carbons (Fsp3) is 0.444. The van der Waals surface area contributed by atoms with Crippen molar-refractivity contribution in [3.8, 4) is 0 Å². The van der Waals surface area contributed by atoms with E-state index >= 15 is 0 Å². The molecule has 23 heavy (non-hydrogen) atoms. The Morgan fingerprint density at radius 2 is 1.78 bits per heavy atom. The van der Waals surface area contributed by atoms with Crippen molar-refractivity contribution in [3.05, 3.63) is 46.6 Å². The molecule has 0 unspecified atom stereocenters. The summed E-state index contributed by atoms with van der Waals surface area (Å²) >= 11 is 5.85. The van der Waals surface area contributed by atoms with Gasteiger partial charge < -0.3 is 11.1 Å². The van der Waals surface area contributed by atoms with E-state index in [2.05, 4.69) is 46.5 Å². The quantitative estimate of drug-likeness (QED) is 0.559. The van der Waals surface area contributed by atoms with E-state index in [0.717, 1.165) is 42.0 Å². The molecule has 0 aliphatic heterocycles. The number of nitrogens with one attached hydrogen (secondary N) is 1. The van der Waals surface area contributed by atoms with Crippen LogP contribution in [-0.2, 0) is 12.3 Å². The maximum atomic E-state index is 5.85. The second kappa shape index (κ2) is 8.73. The molecule has 0 aliphatic rings. The van der Waals surface area contributed by atoms with E-state index in [1.165, 1.54) is 18.4 Å². The summed E-state index contributed by atoms with van der Waals surface area (Å²) in [4.78, 5) is 8.71. The minimum Gasteiger partial charge on any atom is -0.370 e. The van der Waals surface area contributed by atoms with Gasteiger partial charge in [-0.05, 0) is 24.5 Å². The van der Waals surface area contributed by atoms with Gasteiger partial charge in [0.15, 0.2) is 0 Å². The predicted octanol–water partition coefficient (Wildman–Crippen LogP) is 4.30. The van der Waals surface area contributed by atoms with Crippen LogP contribution in [0.5, 0.6) is 0 Å². The summed E-state index contributed by atoms with van der Waals surface area (Å²) in [5.41, 5.74) is 10.2. The van der Waals surface area contributed by atoms with Crippen molar-refractivity contribution in [2.45, 2.75) is 45.4 Å². The van der Waals surface area contributed by atoms with Crippen molar-refractivity contribution < 1.29 is 0 Å². The van der Waals surface area contributed by atoms with Crippen molar-refractivity contribution in [1.82, 2.24) is 9.97 Å². The third-order valence-electron chi connectivity index (χ3n) is 3.86. The molecule has 124 valence electrons. The van der Waals surface area contributed by atoms with Crippen molar-refractivity contribution in [1.29, 1.82) is 0 Å². The summed E-state index contributed by atoms with van der Waals surface area (Å²) < 4.78 is 0. The molecular weight excluding hydrogens is 308 g/mol. The lowest BCUT2D eigenvalue weighted by Crippen LogP contribution is -2.11. The Bertz CT molecular complexity index is 626. The van der Waals surface area contributed by atoms with Gasteiger partial charge in [0.1, 0.15) is 5.82 Å². The van der Waals surface area contributed by atoms with Gasteiger partial charge in [0.05, 0.1) is 0 Å². The summed E-state index contributed by atoms with van der Waals surface area (Å²) in [5.74, 6) is 1.71. The van der Waals surface area contributed by atoms with Gasteiger partial charge in [-0.15, -0.1) is 11.6 Å². The summed E-state index contributed by atoms with van der Waals surface area (Å²) in [6.45, 7) is 5.09. The van der Waals surface area contributed by atoms with Gasteiger partial charge in [-0.25, -0.2) is 4.98 Å². The Labute approximate surface area is 143 Å². The van der Waals surface area contributed by atoms with Crippen LogP contribution in [0.4, 0.5) is 11.8 Å². The zero-order valence-corrected chi connectivity index (χ0v) is 14.7. The van der Waals surface area contributed by atoms with Crippen LogP contribution >= 0.6 is 11.6 Å². The number of nitrogens with two attached hydrogens (primary N) is 1. The van der Waals surface area contributed by atoms with Crippen LogP contribution in [0.1, 0.15) is 48.6 Å². The Morgan fingerprint density at radius 1 is 1.09 bits per heavy atom. The van der Waals surface area contributed by atoms with Crippen LogP contribution in [0.2, 0.25) is 0 Å². The van der Waals surface area contributed by atoms with E-state index in [1.807, 2.05) is 6.92 Å². The van der Waals surface area contributed by atoms with Crippen molar-refractivity contribution >= 4 is 23.4 Å². The van der Waals surface area contributed by atoms with E-state index in [1.54, 1.807) is 0 Å². The van der Waals surface area contributed by atoms with Crippen molar-refractivity contribution in [2.75, 3.05) is 17.6 Å². The van der Waals surface area contributed by atoms with Crippen molar-refractivity contribution in [3.63, 3.8) is 0 Å². The summed E-state index contributed by atoms with van der Waals surface area (Å²) in [6.07, 6.45) is 4.32. The van der Waals surface area contributed by atoms with Crippen LogP contribution in [0.3, 0.4) is 0 Å². The number of benzene rings is 1. The van der Waals surface area contributed by atoms with Crippen LogP contribution in [0.25, 0.3) is 0 Å². The molecule has 5 heteroatoms. The van der Waals surface area contributed by atoms with Gasteiger partial charge in [0.2, 0.25) is 5.95 Å². The van der Waals surface area contributed by atoms with E-state index in [4.69, 9.17) is 17.3 Å². The zero-order valence-electron chi connectivity index (χ0n) is 13.9. The van der Waals surface area contributed by atoms with Gasteiger partial charge in [0, 0.05) is 30.1 Å². The monoisotopic (exact) mass is 332 g/mol. The first-order valence-electron chi connectivity index (χ1n) is 8.14. The van der Waals surface area contributed by atoms with E-state index < -0.39 is 0 Å². The fourth-order valence-corrected chi connectivity index (χ4v) is 2.69. The number of nitrogens with zero attached hydrogens (tertiary/aromatic N) is 2. The smallest absolute Gasteiger partial charge is 0.222 e. The molecule has 0 aliphatic carbocycles.